The molecular weight excluding hydrogens is 308 g/mol. The number of halogens is 1. The number of amides is 1. The summed E-state index contributed by atoms with van der Waals surface area (Å²) in [6.07, 6.45) is 3.21. The Morgan fingerprint density at radius 1 is 1.13 bits per heavy atom. The monoisotopic (exact) mass is 328 g/mol. The third kappa shape index (κ3) is 3.41. The van der Waals surface area contributed by atoms with Crippen LogP contribution in [0.1, 0.15) is 29.6 Å². The fourth-order valence-corrected chi connectivity index (χ4v) is 3.41. The topological polar surface area (TPSA) is 46.3 Å². The first-order chi connectivity index (χ1) is 11.2. The number of piperidine rings is 1. The predicted molar refractivity (Wildman–Crippen MR) is 94.6 cm³/mol. The Balaban J connectivity index is 1.82. The lowest BCUT2D eigenvalue weighted by atomic mass is 9.99. The fourth-order valence-electron chi connectivity index (χ4n) is 3.17. The Bertz CT molecular complexity index is 684. The van der Waals surface area contributed by atoms with Crippen LogP contribution in [-0.2, 0) is 0 Å². The zero-order valence-corrected chi connectivity index (χ0v) is 13.8. The largest absolute Gasteiger partial charge is 0.334 e. The first kappa shape index (κ1) is 16.0. The molecule has 2 aromatic carbocycles. The first-order valence-corrected chi connectivity index (χ1v) is 8.44. The molecule has 0 saturated carbocycles. The van der Waals surface area contributed by atoms with Crippen LogP contribution in [0.3, 0.4) is 0 Å². The van der Waals surface area contributed by atoms with Crippen molar-refractivity contribution in [2.45, 2.75) is 25.3 Å². The smallest absolute Gasteiger partial charge is 0.254 e. The third-order valence-electron chi connectivity index (χ3n) is 4.48. The molecule has 1 aliphatic rings. The second kappa shape index (κ2) is 7.16. The van der Waals surface area contributed by atoms with Crippen LogP contribution in [0.25, 0.3) is 11.1 Å². The molecular formula is C19H21ClN2O. The number of rotatable bonds is 3. The molecule has 1 atom stereocenters. The summed E-state index contributed by atoms with van der Waals surface area (Å²) < 4.78 is 0. The van der Waals surface area contributed by atoms with Gasteiger partial charge in [-0.25, -0.2) is 0 Å². The van der Waals surface area contributed by atoms with Gasteiger partial charge in [0.15, 0.2) is 0 Å². The molecule has 0 aromatic heterocycles. The van der Waals surface area contributed by atoms with Crippen molar-refractivity contribution in [1.82, 2.24) is 4.90 Å². The zero-order valence-electron chi connectivity index (χ0n) is 13.0. The summed E-state index contributed by atoms with van der Waals surface area (Å²) in [5.74, 6) is 0.0749. The number of hydrogen-bond donors (Lipinski definition) is 1. The summed E-state index contributed by atoms with van der Waals surface area (Å²) in [7, 11) is 0. The van der Waals surface area contributed by atoms with Gasteiger partial charge in [-0.3, -0.25) is 4.79 Å². The number of nitrogens with two attached hydrogens (primary N) is 1. The normalized spacial score (nSPS) is 18.0. The van der Waals surface area contributed by atoms with Gasteiger partial charge in [-0.2, -0.15) is 0 Å². The molecule has 23 heavy (non-hydrogen) atoms. The predicted octanol–water partition coefficient (Wildman–Crippen LogP) is 3.96. The maximum absolute atomic E-state index is 12.7. The van der Waals surface area contributed by atoms with Gasteiger partial charge >= 0.3 is 0 Å². The van der Waals surface area contributed by atoms with Crippen molar-refractivity contribution in [2.24, 2.45) is 5.73 Å². The minimum absolute atomic E-state index is 0.0749. The molecule has 1 amide bonds. The quantitative estimate of drug-likeness (QED) is 0.927. The molecule has 1 aliphatic heterocycles. The number of carbonyl (C=O) groups is 1. The highest BCUT2D eigenvalue weighted by atomic mass is 35.5. The first-order valence-electron chi connectivity index (χ1n) is 8.06. The number of likely N-dealkylation sites (tertiary alicyclic amines) is 1. The van der Waals surface area contributed by atoms with E-state index >= 15 is 0 Å². The average molecular weight is 329 g/mol. The van der Waals surface area contributed by atoms with Crippen LogP contribution < -0.4 is 5.73 Å². The summed E-state index contributed by atoms with van der Waals surface area (Å²) in [5.41, 5.74) is 8.52. The van der Waals surface area contributed by atoms with Crippen LogP contribution in [0.5, 0.6) is 0 Å². The maximum atomic E-state index is 12.7. The van der Waals surface area contributed by atoms with Crippen LogP contribution in [0.2, 0.25) is 5.02 Å². The molecule has 120 valence electrons. The minimum atomic E-state index is 0.0749. The Morgan fingerprint density at radius 3 is 2.57 bits per heavy atom. The maximum Gasteiger partial charge on any atom is 0.254 e. The molecule has 0 radical (unpaired) electrons. The van der Waals surface area contributed by atoms with Crippen LogP contribution in [0, 0.1) is 0 Å². The van der Waals surface area contributed by atoms with Gasteiger partial charge in [-0.1, -0.05) is 41.9 Å². The van der Waals surface area contributed by atoms with E-state index in [0.717, 1.165) is 36.9 Å². The molecule has 3 nitrogen and oxygen atoms in total. The van der Waals surface area contributed by atoms with E-state index in [2.05, 4.69) is 0 Å². The highest BCUT2D eigenvalue weighted by Crippen LogP contribution is 2.28. The lowest BCUT2D eigenvalue weighted by molar-refractivity contribution is 0.0623. The van der Waals surface area contributed by atoms with Crippen molar-refractivity contribution < 1.29 is 4.79 Å². The van der Waals surface area contributed by atoms with E-state index in [9.17, 15) is 4.79 Å². The van der Waals surface area contributed by atoms with Gasteiger partial charge in [0, 0.05) is 35.3 Å². The molecule has 3 rings (SSSR count). The summed E-state index contributed by atoms with van der Waals surface area (Å²) in [6, 6.07) is 15.5. The number of carbonyl (C=O) groups excluding carboxylic acids is 1. The van der Waals surface area contributed by atoms with Gasteiger partial charge in [0.2, 0.25) is 0 Å². The molecule has 0 bridgehead atoms. The summed E-state index contributed by atoms with van der Waals surface area (Å²) in [6.45, 7) is 1.33. The molecule has 1 fully saturated rings. The highest BCUT2D eigenvalue weighted by Gasteiger charge is 2.26. The molecule has 2 aromatic rings. The van der Waals surface area contributed by atoms with Gasteiger partial charge in [0.05, 0.1) is 0 Å². The van der Waals surface area contributed by atoms with Crippen LogP contribution in [-0.4, -0.2) is 29.9 Å². The molecule has 0 aliphatic carbocycles. The van der Waals surface area contributed by atoms with Gasteiger partial charge in [-0.05, 0) is 43.0 Å². The number of hydrogen-bond acceptors (Lipinski definition) is 2. The van der Waals surface area contributed by atoms with E-state index < -0.39 is 0 Å². The van der Waals surface area contributed by atoms with Crippen molar-refractivity contribution >= 4 is 17.5 Å². The van der Waals surface area contributed by atoms with E-state index in [0.29, 0.717) is 17.1 Å². The third-order valence-corrected chi connectivity index (χ3v) is 4.81. The van der Waals surface area contributed by atoms with Crippen molar-refractivity contribution in [1.29, 1.82) is 0 Å². The Labute approximate surface area is 142 Å². The molecule has 1 saturated heterocycles. The van der Waals surface area contributed by atoms with Gasteiger partial charge in [0.1, 0.15) is 0 Å². The SMILES string of the molecule is NC[C@@H]1CCCCN1C(=O)c1ccc(-c2ccccc2Cl)cc1. The average Bonchev–Trinajstić information content (AvgIpc) is 2.61. The summed E-state index contributed by atoms with van der Waals surface area (Å²) >= 11 is 6.23. The molecule has 0 spiro atoms. The number of nitrogens with zero attached hydrogens (tertiary/aromatic N) is 1. The minimum Gasteiger partial charge on any atom is -0.334 e. The van der Waals surface area contributed by atoms with Crippen LogP contribution >= 0.6 is 11.6 Å². The van der Waals surface area contributed by atoms with Gasteiger partial charge in [-0.15, -0.1) is 0 Å². The molecule has 4 heteroatoms. The lowest BCUT2D eigenvalue weighted by Gasteiger charge is -2.35. The Kier molecular flexibility index (Phi) is 4.99. The Morgan fingerprint density at radius 2 is 1.87 bits per heavy atom. The van der Waals surface area contributed by atoms with E-state index in [1.165, 1.54) is 0 Å². The van der Waals surface area contributed by atoms with Gasteiger partial charge in [0.25, 0.3) is 5.91 Å². The fraction of sp³-hybridized carbons (Fsp3) is 0.316. The molecule has 1 heterocycles. The molecule has 2 N–H and O–H groups in total. The highest BCUT2D eigenvalue weighted by molar-refractivity contribution is 6.33. The van der Waals surface area contributed by atoms with E-state index in [4.69, 9.17) is 17.3 Å². The second-order valence-electron chi connectivity index (χ2n) is 5.94. The van der Waals surface area contributed by atoms with E-state index in [-0.39, 0.29) is 11.9 Å². The summed E-state index contributed by atoms with van der Waals surface area (Å²) in [5, 5.41) is 0.714. The number of benzene rings is 2. The summed E-state index contributed by atoms with van der Waals surface area (Å²) in [4.78, 5) is 14.7. The van der Waals surface area contributed by atoms with Crippen molar-refractivity contribution in [2.75, 3.05) is 13.1 Å². The molecule has 0 unspecified atom stereocenters. The standard InChI is InChI=1S/C19H21ClN2O/c20-18-7-2-1-6-17(18)14-8-10-15(11-9-14)19(23)22-12-4-3-5-16(22)13-21/h1-2,6-11,16H,3-5,12-13,21H2/t16-/m0/s1. The van der Waals surface area contributed by atoms with Gasteiger partial charge < -0.3 is 10.6 Å². The van der Waals surface area contributed by atoms with Crippen molar-refractivity contribution in [3.8, 4) is 11.1 Å². The van der Waals surface area contributed by atoms with Crippen molar-refractivity contribution in [3.63, 3.8) is 0 Å². The lowest BCUT2D eigenvalue weighted by Crippen LogP contribution is -2.47. The second-order valence-corrected chi connectivity index (χ2v) is 6.35. The van der Waals surface area contributed by atoms with E-state index in [1.54, 1.807) is 0 Å². The van der Waals surface area contributed by atoms with Crippen molar-refractivity contribution in [3.05, 3.63) is 59.1 Å². The van der Waals surface area contributed by atoms with E-state index in [1.807, 2.05) is 53.4 Å². The van der Waals surface area contributed by atoms with Crippen LogP contribution in [0.15, 0.2) is 48.5 Å². The zero-order chi connectivity index (χ0) is 16.2. The van der Waals surface area contributed by atoms with Crippen LogP contribution in [0.4, 0.5) is 0 Å². The Hall–Kier alpha value is -1.84.